The molecular formula is C22H26N4O3. The summed E-state index contributed by atoms with van der Waals surface area (Å²) >= 11 is 0. The maximum atomic E-state index is 12.4. The second-order valence-electron chi connectivity index (χ2n) is 7.45. The molecule has 0 aliphatic heterocycles. The third-order valence-electron chi connectivity index (χ3n) is 5.00. The first kappa shape index (κ1) is 22.0. The molecule has 0 radical (unpaired) electrons. The van der Waals surface area contributed by atoms with Crippen LogP contribution < -0.4 is 10.2 Å². The van der Waals surface area contributed by atoms with Crippen LogP contribution in [0.15, 0.2) is 29.8 Å². The molecule has 2 rings (SSSR count). The lowest BCUT2D eigenvalue weighted by Gasteiger charge is -2.32. The zero-order chi connectivity index (χ0) is 21.4. The number of carbonyl (C=O) groups excluding carboxylic acids is 2. The van der Waals surface area contributed by atoms with E-state index < -0.39 is 23.5 Å². The highest BCUT2D eigenvalue weighted by molar-refractivity contribution is 5.99. The number of rotatable bonds is 6. The minimum Gasteiger partial charge on any atom is -0.448 e. The predicted octanol–water partition coefficient (Wildman–Crippen LogP) is 2.93. The number of anilines is 1. The Morgan fingerprint density at radius 2 is 1.79 bits per heavy atom. The van der Waals surface area contributed by atoms with Crippen LogP contribution in [0.3, 0.4) is 0 Å². The van der Waals surface area contributed by atoms with Gasteiger partial charge < -0.3 is 15.0 Å². The smallest absolute Gasteiger partial charge is 0.349 e. The van der Waals surface area contributed by atoms with Crippen LogP contribution in [0.2, 0.25) is 0 Å². The standard InChI is InChI=1S/C22H26N4O3/c1-16(20(27)25-22(15-24)11-5-4-6-12-22)29-21(28)18(14-23)13-17-7-9-19(10-8-17)26(2)3/h7-10,13,16H,4-6,11-12H2,1-3H3,(H,25,27). The van der Waals surface area contributed by atoms with Crippen molar-refractivity contribution in [1.29, 1.82) is 10.5 Å². The molecule has 1 fully saturated rings. The minimum absolute atomic E-state index is 0.199. The molecule has 1 N–H and O–H groups in total. The average molecular weight is 394 g/mol. The van der Waals surface area contributed by atoms with Gasteiger partial charge in [-0.15, -0.1) is 0 Å². The van der Waals surface area contributed by atoms with Gasteiger partial charge in [0.05, 0.1) is 6.07 Å². The molecule has 1 aromatic rings. The number of nitriles is 2. The van der Waals surface area contributed by atoms with Gasteiger partial charge >= 0.3 is 5.97 Å². The average Bonchev–Trinajstić information content (AvgIpc) is 2.72. The van der Waals surface area contributed by atoms with E-state index in [1.807, 2.05) is 37.2 Å². The Morgan fingerprint density at radius 3 is 2.31 bits per heavy atom. The molecule has 1 aromatic carbocycles. The first-order chi connectivity index (χ1) is 13.8. The molecule has 0 saturated heterocycles. The number of hydrogen-bond acceptors (Lipinski definition) is 6. The van der Waals surface area contributed by atoms with Gasteiger partial charge in [0.1, 0.15) is 17.2 Å². The summed E-state index contributed by atoms with van der Waals surface area (Å²) in [4.78, 5) is 26.7. The fourth-order valence-corrected chi connectivity index (χ4v) is 3.21. The summed E-state index contributed by atoms with van der Waals surface area (Å²) in [7, 11) is 3.83. The van der Waals surface area contributed by atoms with Crippen LogP contribution in [0.1, 0.15) is 44.6 Å². The van der Waals surface area contributed by atoms with Crippen LogP contribution in [0.25, 0.3) is 6.08 Å². The van der Waals surface area contributed by atoms with Crippen molar-refractivity contribution in [2.75, 3.05) is 19.0 Å². The molecule has 1 unspecified atom stereocenters. The van der Waals surface area contributed by atoms with E-state index in [-0.39, 0.29) is 5.57 Å². The number of nitrogens with zero attached hydrogens (tertiary/aromatic N) is 3. The van der Waals surface area contributed by atoms with Crippen LogP contribution in [0.5, 0.6) is 0 Å². The molecule has 0 bridgehead atoms. The van der Waals surface area contributed by atoms with Crippen molar-refractivity contribution in [2.45, 2.75) is 50.7 Å². The maximum absolute atomic E-state index is 12.4. The first-order valence-electron chi connectivity index (χ1n) is 9.64. The maximum Gasteiger partial charge on any atom is 0.349 e. The molecule has 0 heterocycles. The fraction of sp³-hybridized carbons (Fsp3) is 0.455. The Hall–Kier alpha value is -3.32. The van der Waals surface area contributed by atoms with Crippen LogP contribution in [-0.4, -0.2) is 37.6 Å². The Morgan fingerprint density at radius 1 is 1.17 bits per heavy atom. The zero-order valence-corrected chi connectivity index (χ0v) is 17.1. The Labute approximate surface area is 171 Å². The van der Waals surface area contributed by atoms with E-state index in [1.54, 1.807) is 12.1 Å². The van der Waals surface area contributed by atoms with Crippen LogP contribution in [-0.2, 0) is 14.3 Å². The minimum atomic E-state index is -1.11. The topological polar surface area (TPSA) is 106 Å². The lowest BCUT2D eigenvalue weighted by molar-refractivity contribution is -0.151. The van der Waals surface area contributed by atoms with Crippen molar-refractivity contribution in [3.63, 3.8) is 0 Å². The van der Waals surface area contributed by atoms with Gasteiger partial charge in [-0.3, -0.25) is 4.79 Å². The fourth-order valence-electron chi connectivity index (χ4n) is 3.21. The molecule has 1 aliphatic rings. The quantitative estimate of drug-likeness (QED) is 0.452. The molecule has 0 spiro atoms. The zero-order valence-electron chi connectivity index (χ0n) is 17.1. The van der Waals surface area contributed by atoms with Crippen molar-refractivity contribution >= 4 is 23.6 Å². The second kappa shape index (κ2) is 9.75. The van der Waals surface area contributed by atoms with Crippen molar-refractivity contribution in [3.8, 4) is 12.1 Å². The van der Waals surface area contributed by atoms with Gasteiger partial charge in [-0.25, -0.2) is 4.79 Å². The second-order valence-corrected chi connectivity index (χ2v) is 7.45. The summed E-state index contributed by atoms with van der Waals surface area (Å²) in [6.45, 7) is 1.43. The third kappa shape index (κ3) is 5.83. The summed E-state index contributed by atoms with van der Waals surface area (Å²) in [6.07, 6.45) is 4.26. The molecule has 7 nitrogen and oxygen atoms in total. The van der Waals surface area contributed by atoms with E-state index in [0.29, 0.717) is 18.4 Å². The third-order valence-corrected chi connectivity index (χ3v) is 5.00. The predicted molar refractivity (Wildman–Crippen MR) is 109 cm³/mol. The Bertz CT molecular complexity index is 854. The summed E-state index contributed by atoms with van der Waals surface area (Å²) in [5.74, 6) is -1.41. The summed E-state index contributed by atoms with van der Waals surface area (Å²) in [5, 5.41) is 21.5. The Balaban J connectivity index is 2.03. The molecule has 1 amide bonds. The van der Waals surface area contributed by atoms with Gasteiger partial charge in [0.2, 0.25) is 0 Å². The van der Waals surface area contributed by atoms with Gasteiger partial charge in [-0.2, -0.15) is 10.5 Å². The number of hydrogen-bond donors (Lipinski definition) is 1. The highest BCUT2D eigenvalue weighted by atomic mass is 16.5. The van der Waals surface area contributed by atoms with Crippen molar-refractivity contribution in [3.05, 3.63) is 35.4 Å². The van der Waals surface area contributed by atoms with Crippen LogP contribution in [0, 0.1) is 22.7 Å². The van der Waals surface area contributed by atoms with E-state index in [1.165, 1.54) is 13.0 Å². The van der Waals surface area contributed by atoms with E-state index in [0.717, 1.165) is 24.9 Å². The molecular weight excluding hydrogens is 368 g/mol. The molecule has 1 saturated carbocycles. The van der Waals surface area contributed by atoms with Gasteiger partial charge in [0.15, 0.2) is 6.10 Å². The van der Waals surface area contributed by atoms with E-state index in [9.17, 15) is 20.1 Å². The number of carbonyl (C=O) groups is 2. The van der Waals surface area contributed by atoms with Crippen molar-refractivity contribution in [1.82, 2.24) is 5.32 Å². The molecule has 7 heteroatoms. The highest BCUT2D eigenvalue weighted by Gasteiger charge is 2.35. The van der Waals surface area contributed by atoms with Gasteiger partial charge in [0.25, 0.3) is 5.91 Å². The Kier molecular flexibility index (Phi) is 7.39. The monoisotopic (exact) mass is 394 g/mol. The van der Waals surface area contributed by atoms with Gasteiger partial charge in [-0.1, -0.05) is 31.4 Å². The molecule has 0 aromatic heterocycles. The first-order valence-corrected chi connectivity index (χ1v) is 9.64. The van der Waals surface area contributed by atoms with Crippen LogP contribution >= 0.6 is 0 Å². The van der Waals surface area contributed by atoms with Gasteiger partial charge in [0, 0.05) is 19.8 Å². The number of benzene rings is 1. The SMILES string of the molecule is CC(OC(=O)C(C#N)=Cc1ccc(N(C)C)cc1)C(=O)NC1(C#N)CCCCC1. The number of amides is 1. The molecule has 29 heavy (non-hydrogen) atoms. The number of ether oxygens (including phenoxy) is 1. The van der Waals surface area contributed by atoms with Crippen LogP contribution in [0.4, 0.5) is 5.69 Å². The van der Waals surface area contributed by atoms with E-state index in [4.69, 9.17) is 4.74 Å². The lowest BCUT2D eigenvalue weighted by atomic mass is 9.83. The van der Waals surface area contributed by atoms with Crippen molar-refractivity contribution in [2.24, 2.45) is 0 Å². The number of nitrogens with one attached hydrogen (secondary N) is 1. The number of esters is 1. The lowest BCUT2D eigenvalue weighted by Crippen LogP contribution is -2.52. The van der Waals surface area contributed by atoms with E-state index >= 15 is 0 Å². The molecule has 1 aliphatic carbocycles. The van der Waals surface area contributed by atoms with Gasteiger partial charge in [-0.05, 0) is 43.5 Å². The summed E-state index contributed by atoms with van der Waals surface area (Å²) in [5.41, 5.74) is 0.558. The highest BCUT2D eigenvalue weighted by Crippen LogP contribution is 2.27. The summed E-state index contributed by atoms with van der Waals surface area (Å²) < 4.78 is 5.17. The molecule has 1 atom stereocenters. The summed E-state index contributed by atoms with van der Waals surface area (Å²) in [6, 6.07) is 11.3. The van der Waals surface area contributed by atoms with E-state index in [2.05, 4.69) is 11.4 Å². The molecule has 152 valence electrons. The normalized spacial score (nSPS) is 16.7. The van der Waals surface area contributed by atoms with Crippen molar-refractivity contribution < 1.29 is 14.3 Å². The largest absolute Gasteiger partial charge is 0.448 e.